The van der Waals surface area contributed by atoms with Crippen LogP contribution < -0.4 is 0 Å². The van der Waals surface area contributed by atoms with Crippen LogP contribution in [0, 0.1) is 6.92 Å². The van der Waals surface area contributed by atoms with Crippen molar-refractivity contribution in [2.45, 2.75) is 13.5 Å². The molecule has 0 atom stereocenters. The van der Waals surface area contributed by atoms with E-state index in [-0.39, 0.29) is 6.61 Å². The Morgan fingerprint density at radius 3 is 2.59 bits per heavy atom. The van der Waals surface area contributed by atoms with Crippen LogP contribution in [0.3, 0.4) is 0 Å². The van der Waals surface area contributed by atoms with Gasteiger partial charge in [-0.1, -0.05) is 54.6 Å². The normalized spacial score (nSPS) is 10.4. The van der Waals surface area contributed by atoms with Crippen molar-refractivity contribution in [1.29, 1.82) is 0 Å². The highest BCUT2D eigenvalue weighted by Gasteiger charge is 2.12. The first-order chi connectivity index (χ1) is 10.7. The molecule has 0 spiro atoms. The fraction of sp³-hybridized carbons (Fsp3) is 0.111. The Bertz CT molecular complexity index is 779. The molecule has 0 aliphatic heterocycles. The molecule has 0 aliphatic rings. The van der Waals surface area contributed by atoms with Crippen LogP contribution in [0.15, 0.2) is 60.7 Å². The first-order valence-corrected chi connectivity index (χ1v) is 7.06. The number of rotatable bonds is 4. The van der Waals surface area contributed by atoms with Crippen molar-refractivity contribution >= 4 is 5.97 Å². The predicted octanol–water partition coefficient (Wildman–Crippen LogP) is 3.74. The average molecular weight is 292 g/mol. The lowest BCUT2D eigenvalue weighted by atomic mass is 10.1. The maximum absolute atomic E-state index is 12.1. The molecule has 3 aromatic rings. The lowest BCUT2D eigenvalue weighted by Crippen LogP contribution is -2.06. The Morgan fingerprint density at radius 2 is 1.82 bits per heavy atom. The highest BCUT2D eigenvalue weighted by molar-refractivity contribution is 5.88. The van der Waals surface area contributed by atoms with E-state index in [1.807, 2.05) is 61.5 Å². The number of ether oxygens (including phenoxy) is 1. The van der Waals surface area contributed by atoms with Crippen LogP contribution in [0.4, 0.5) is 0 Å². The van der Waals surface area contributed by atoms with Crippen molar-refractivity contribution in [3.63, 3.8) is 0 Å². The van der Waals surface area contributed by atoms with Crippen molar-refractivity contribution in [1.82, 2.24) is 10.2 Å². The number of carbonyl (C=O) groups is 1. The van der Waals surface area contributed by atoms with Crippen molar-refractivity contribution in [2.24, 2.45) is 0 Å². The van der Waals surface area contributed by atoms with Crippen molar-refractivity contribution < 1.29 is 9.53 Å². The molecule has 1 aromatic heterocycles. The molecule has 2 aromatic carbocycles. The smallest absolute Gasteiger partial charge is 0.356 e. The molecule has 0 amide bonds. The van der Waals surface area contributed by atoms with Gasteiger partial charge in [0.15, 0.2) is 0 Å². The van der Waals surface area contributed by atoms with Gasteiger partial charge in [-0.05, 0) is 24.1 Å². The number of aromatic amines is 1. The quantitative estimate of drug-likeness (QED) is 0.745. The molecule has 1 N–H and O–H groups in total. The van der Waals surface area contributed by atoms with Gasteiger partial charge >= 0.3 is 5.97 Å². The molecule has 110 valence electrons. The number of hydrogen-bond donors (Lipinski definition) is 1. The SMILES string of the molecule is Cc1ccccc1COC(=O)c1cc(-c2ccccc2)n[nH]1. The Balaban J connectivity index is 1.69. The number of aromatic nitrogens is 2. The lowest BCUT2D eigenvalue weighted by Gasteiger charge is -2.05. The number of carbonyl (C=O) groups excluding carboxylic acids is 1. The molecule has 1 heterocycles. The van der Waals surface area contributed by atoms with E-state index in [0.29, 0.717) is 5.69 Å². The molecule has 3 rings (SSSR count). The summed E-state index contributed by atoms with van der Waals surface area (Å²) in [6.07, 6.45) is 0. The second-order valence-electron chi connectivity index (χ2n) is 5.04. The topological polar surface area (TPSA) is 55.0 Å². The first-order valence-electron chi connectivity index (χ1n) is 7.06. The third-order valence-electron chi connectivity index (χ3n) is 3.49. The fourth-order valence-corrected chi connectivity index (χ4v) is 2.18. The summed E-state index contributed by atoms with van der Waals surface area (Å²) in [6, 6.07) is 19.2. The summed E-state index contributed by atoms with van der Waals surface area (Å²) in [4.78, 5) is 12.1. The van der Waals surface area contributed by atoms with E-state index in [1.54, 1.807) is 6.07 Å². The summed E-state index contributed by atoms with van der Waals surface area (Å²) >= 11 is 0. The van der Waals surface area contributed by atoms with E-state index < -0.39 is 5.97 Å². The van der Waals surface area contributed by atoms with Gasteiger partial charge in [-0.25, -0.2) is 4.79 Å². The number of esters is 1. The molecule has 22 heavy (non-hydrogen) atoms. The van der Waals surface area contributed by atoms with Crippen LogP contribution >= 0.6 is 0 Å². The largest absolute Gasteiger partial charge is 0.456 e. The zero-order valence-electron chi connectivity index (χ0n) is 12.2. The average Bonchev–Trinajstić information content (AvgIpc) is 3.05. The molecular formula is C18H16N2O2. The van der Waals surface area contributed by atoms with Gasteiger partial charge in [0.1, 0.15) is 12.3 Å². The second-order valence-corrected chi connectivity index (χ2v) is 5.04. The van der Waals surface area contributed by atoms with Gasteiger partial charge in [0.25, 0.3) is 0 Å². The van der Waals surface area contributed by atoms with E-state index in [4.69, 9.17) is 4.74 Å². The van der Waals surface area contributed by atoms with E-state index in [1.165, 1.54) is 0 Å². The highest BCUT2D eigenvalue weighted by atomic mass is 16.5. The van der Waals surface area contributed by atoms with Crippen LogP contribution in [0.5, 0.6) is 0 Å². The first kappa shape index (κ1) is 14.1. The van der Waals surface area contributed by atoms with Crippen LogP contribution in [0.1, 0.15) is 21.6 Å². The van der Waals surface area contributed by atoms with Crippen molar-refractivity contribution in [2.75, 3.05) is 0 Å². The van der Waals surface area contributed by atoms with Gasteiger partial charge in [-0.15, -0.1) is 0 Å². The number of hydrogen-bond acceptors (Lipinski definition) is 3. The number of H-pyrrole nitrogens is 1. The summed E-state index contributed by atoms with van der Waals surface area (Å²) in [6.45, 7) is 2.25. The summed E-state index contributed by atoms with van der Waals surface area (Å²) in [5, 5.41) is 6.88. The summed E-state index contributed by atoms with van der Waals surface area (Å²) < 4.78 is 5.33. The van der Waals surface area contributed by atoms with E-state index in [0.717, 1.165) is 22.4 Å². The standard InChI is InChI=1S/C18H16N2O2/c1-13-7-5-6-10-15(13)12-22-18(21)17-11-16(19-20-17)14-8-3-2-4-9-14/h2-11H,12H2,1H3,(H,19,20). The molecule has 0 bridgehead atoms. The summed E-state index contributed by atoms with van der Waals surface area (Å²) in [7, 11) is 0. The van der Waals surface area contributed by atoms with Gasteiger partial charge in [-0.3, -0.25) is 5.10 Å². The maximum Gasteiger partial charge on any atom is 0.356 e. The van der Waals surface area contributed by atoms with Crippen LogP contribution in [-0.4, -0.2) is 16.2 Å². The molecule has 0 unspecified atom stereocenters. The van der Waals surface area contributed by atoms with Gasteiger partial charge < -0.3 is 4.74 Å². The second kappa shape index (κ2) is 6.26. The molecule has 0 aliphatic carbocycles. The zero-order valence-corrected chi connectivity index (χ0v) is 12.2. The van der Waals surface area contributed by atoms with E-state index in [2.05, 4.69) is 10.2 Å². The third-order valence-corrected chi connectivity index (χ3v) is 3.49. The van der Waals surface area contributed by atoms with E-state index in [9.17, 15) is 4.79 Å². The molecule has 0 fully saturated rings. The monoisotopic (exact) mass is 292 g/mol. The predicted molar refractivity (Wildman–Crippen MR) is 84.3 cm³/mol. The van der Waals surface area contributed by atoms with Gasteiger partial charge in [-0.2, -0.15) is 5.10 Å². The van der Waals surface area contributed by atoms with Crippen LogP contribution in [-0.2, 0) is 11.3 Å². The molecule has 4 heteroatoms. The molecule has 0 saturated carbocycles. The number of aryl methyl sites for hydroxylation is 1. The minimum Gasteiger partial charge on any atom is -0.456 e. The minimum atomic E-state index is -0.405. The fourth-order valence-electron chi connectivity index (χ4n) is 2.18. The molecule has 0 radical (unpaired) electrons. The van der Waals surface area contributed by atoms with Gasteiger partial charge in [0.05, 0.1) is 5.69 Å². The Kier molecular flexibility index (Phi) is 4.01. The summed E-state index contributed by atoms with van der Waals surface area (Å²) in [5.41, 5.74) is 4.14. The molecular weight excluding hydrogens is 276 g/mol. The van der Waals surface area contributed by atoms with Crippen molar-refractivity contribution in [3.05, 3.63) is 77.5 Å². The molecule has 4 nitrogen and oxygen atoms in total. The van der Waals surface area contributed by atoms with Gasteiger partial charge in [0, 0.05) is 5.56 Å². The van der Waals surface area contributed by atoms with Crippen LogP contribution in [0.25, 0.3) is 11.3 Å². The third kappa shape index (κ3) is 3.06. The number of nitrogens with one attached hydrogen (secondary N) is 1. The maximum atomic E-state index is 12.1. The number of nitrogens with zero attached hydrogens (tertiary/aromatic N) is 1. The van der Waals surface area contributed by atoms with Crippen LogP contribution in [0.2, 0.25) is 0 Å². The minimum absolute atomic E-state index is 0.255. The highest BCUT2D eigenvalue weighted by Crippen LogP contribution is 2.17. The number of benzene rings is 2. The summed E-state index contributed by atoms with van der Waals surface area (Å²) in [5.74, 6) is -0.405. The van der Waals surface area contributed by atoms with Gasteiger partial charge in [0.2, 0.25) is 0 Å². The zero-order chi connectivity index (χ0) is 15.4. The molecule has 0 saturated heterocycles. The lowest BCUT2D eigenvalue weighted by molar-refractivity contribution is 0.0465. The van der Waals surface area contributed by atoms with E-state index >= 15 is 0 Å². The van der Waals surface area contributed by atoms with Crippen molar-refractivity contribution in [3.8, 4) is 11.3 Å². The Labute approximate surface area is 128 Å². The Hall–Kier alpha value is -2.88. The Morgan fingerprint density at radius 1 is 1.09 bits per heavy atom.